The molecule has 0 spiro atoms. The van der Waals surface area contributed by atoms with Gasteiger partial charge in [0.1, 0.15) is 5.69 Å². The molecule has 0 saturated carbocycles. The first-order valence-electron chi connectivity index (χ1n) is 8.92. The second-order valence-electron chi connectivity index (χ2n) is 7.12. The predicted octanol–water partition coefficient (Wildman–Crippen LogP) is 3.51. The van der Waals surface area contributed by atoms with Gasteiger partial charge in [-0.15, -0.1) is 0 Å². The van der Waals surface area contributed by atoms with E-state index in [1.54, 1.807) is 28.0 Å². The summed E-state index contributed by atoms with van der Waals surface area (Å²) in [5, 5.41) is 7.92. The van der Waals surface area contributed by atoms with Crippen LogP contribution in [0.15, 0.2) is 24.3 Å². The lowest BCUT2D eigenvalue weighted by molar-refractivity contribution is 0.0532. The Morgan fingerprint density at radius 2 is 1.56 bits per heavy atom. The molecule has 0 bridgehead atoms. The highest BCUT2D eigenvalue weighted by atomic mass is 35.5. The van der Waals surface area contributed by atoms with Crippen molar-refractivity contribution in [2.24, 2.45) is 5.92 Å². The zero-order valence-electron chi connectivity index (χ0n) is 15.3. The van der Waals surface area contributed by atoms with Crippen LogP contribution in [-0.2, 0) is 6.42 Å². The number of aromatic nitrogens is 2. The van der Waals surface area contributed by atoms with Crippen molar-refractivity contribution in [3.63, 3.8) is 0 Å². The van der Waals surface area contributed by atoms with Crippen LogP contribution < -0.4 is 0 Å². The van der Waals surface area contributed by atoms with Gasteiger partial charge in [0.2, 0.25) is 0 Å². The van der Waals surface area contributed by atoms with E-state index in [-0.39, 0.29) is 11.8 Å². The van der Waals surface area contributed by atoms with Gasteiger partial charge in [0.25, 0.3) is 11.8 Å². The molecule has 0 unspecified atom stereocenters. The summed E-state index contributed by atoms with van der Waals surface area (Å²) in [6, 6.07) is 6.61. The lowest BCUT2D eigenvalue weighted by Crippen LogP contribution is -2.50. The van der Waals surface area contributed by atoms with Gasteiger partial charge in [0.15, 0.2) is 0 Å². The SMILES string of the molecule is CC(C)Cc1cc(C(=O)N2CCN(C(=O)c3cc(Cl)cc(Cl)c3)CC2)n[nH]1. The second-order valence-corrected chi connectivity index (χ2v) is 7.99. The molecule has 1 aliphatic heterocycles. The average molecular weight is 409 g/mol. The van der Waals surface area contributed by atoms with E-state index in [2.05, 4.69) is 24.0 Å². The van der Waals surface area contributed by atoms with Crippen LogP contribution in [0, 0.1) is 5.92 Å². The lowest BCUT2D eigenvalue weighted by Gasteiger charge is -2.34. The summed E-state index contributed by atoms with van der Waals surface area (Å²) >= 11 is 12.0. The van der Waals surface area contributed by atoms with Crippen molar-refractivity contribution in [3.8, 4) is 0 Å². The van der Waals surface area contributed by atoms with E-state index in [0.29, 0.717) is 53.4 Å². The number of hydrogen-bond donors (Lipinski definition) is 1. The topological polar surface area (TPSA) is 69.3 Å². The number of benzene rings is 1. The highest BCUT2D eigenvalue weighted by Crippen LogP contribution is 2.21. The zero-order chi connectivity index (χ0) is 19.6. The summed E-state index contributed by atoms with van der Waals surface area (Å²) in [6.07, 6.45) is 0.852. The number of piperazine rings is 1. The van der Waals surface area contributed by atoms with Gasteiger partial charge in [-0.3, -0.25) is 14.7 Å². The molecule has 1 aromatic heterocycles. The van der Waals surface area contributed by atoms with Gasteiger partial charge in [0.05, 0.1) is 0 Å². The molecule has 2 amide bonds. The maximum atomic E-state index is 12.6. The van der Waals surface area contributed by atoms with Crippen LogP contribution >= 0.6 is 23.2 Å². The minimum atomic E-state index is -0.134. The fraction of sp³-hybridized carbons (Fsp3) is 0.421. The predicted molar refractivity (Wildman–Crippen MR) is 105 cm³/mol. The zero-order valence-corrected chi connectivity index (χ0v) is 16.8. The summed E-state index contributed by atoms with van der Waals surface area (Å²) in [6.45, 7) is 6.07. The van der Waals surface area contributed by atoms with Gasteiger partial charge in [0, 0.05) is 47.5 Å². The van der Waals surface area contributed by atoms with Gasteiger partial charge in [-0.2, -0.15) is 5.10 Å². The molecule has 1 N–H and O–H groups in total. The van der Waals surface area contributed by atoms with Crippen LogP contribution in [0.1, 0.15) is 40.4 Å². The minimum absolute atomic E-state index is 0.112. The molecule has 0 atom stereocenters. The number of halogens is 2. The van der Waals surface area contributed by atoms with Crippen molar-refractivity contribution >= 4 is 35.0 Å². The summed E-state index contributed by atoms with van der Waals surface area (Å²) in [7, 11) is 0. The first-order chi connectivity index (χ1) is 12.8. The Morgan fingerprint density at radius 3 is 2.11 bits per heavy atom. The Kier molecular flexibility index (Phi) is 6.07. The van der Waals surface area contributed by atoms with Crippen LogP contribution in [0.25, 0.3) is 0 Å². The monoisotopic (exact) mass is 408 g/mol. The van der Waals surface area contributed by atoms with Crippen LogP contribution in [-0.4, -0.2) is 58.0 Å². The smallest absolute Gasteiger partial charge is 0.274 e. The molecular weight excluding hydrogens is 387 g/mol. The van der Waals surface area contributed by atoms with Gasteiger partial charge in [-0.05, 0) is 36.6 Å². The summed E-state index contributed by atoms with van der Waals surface area (Å²) in [5.41, 5.74) is 1.84. The molecule has 2 aromatic rings. The number of carbonyl (C=O) groups excluding carboxylic acids is 2. The van der Waals surface area contributed by atoms with Gasteiger partial charge in [-0.1, -0.05) is 37.0 Å². The van der Waals surface area contributed by atoms with E-state index in [0.717, 1.165) is 12.1 Å². The Hall–Kier alpha value is -2.05. The normalized spacial score (nSPS) is 14.7. The fourth-order valence-electron chi connectivity index (χ4n) is 3.15. The second kappa shape index (κ2) is 8.31. The van der Waals surface area contributed by atoms with E-state index in [1.807, 2.05) is 6.07 Å². The number of nitrogens with zero attached hydrogens (tertiary/aromatic N) is 3. The first-order valence-corrected chi connectivity index (χ1v) is 9.68. The number of rotatable bonds is 4. The Labute approximate surface area is 168 Å². The van der Waals surface area contributed by atoms with Gasteiger partial charge < -0.3 is 9.80 Å². The average Bonchev–Trinajstić information content (AvgIpc) is 3.07. The largest absolute Gasteiger partial charge is 0.335 e. The maximum Gasteiger partial charge on any atom is 0.274 e. The first kappa shape index (κ1) is 19.7. The number of nitrogens with one attached hydrogen (secondary N) is 1. The quantitative estimate of drug-likeness (QED) is 0.840. The molecule has 27 heavy (non-hydrogen) atoms. The third-order valence-electron chi connectivity index (χ3n) is 4.44. The van der Waals surface area contributed by atoms with Gasteiger partial charge >= 0.3 is 0 Å². The molecule has 1 saturated heterocycles. The van der Waals surface area contributed by atoms with Crippen LogP contribution in [0.3, 0.4) is 0 Å². The minimum Gasteiger partial charge on any atom is -0.335 e. The van der Waals surface area contributed by atoms with Crippen molar-refractivity contribution < 1.29 is 9.59 Å². The molecule has 2 heterocycles. The maximum absolute atomic E-state index is 12.6. The Balaban J connectivity index is 1.60. The van der Waals surface area contributed by atoms with Crippen LogP contribution in [0.5, 0.6) is 0 Å². The van der Waals surface area contributed by atoms with E-state index in [1.165, 1.54) is 0 Å². The molecule has 3 rings (SSSR count). The summed E-state index contributed by atoms with van der Waals surface area (Å²) in [4.78, 5) is 28.7. The van der Waals surface area contributed by atoms with E-state index >= 15 is 0 Å². The van der Waals surface area contributed by atoms with Crippen molar-refractivity contribution in [1.82, 2.24) is 20.0 Å². The molecule has 0 radical (unpaired) electrons. The van der Waals surface area contributed by atoms with Crippen molar-refractivity contribution in [2.45, 2.75) is 20.3 Å². The van der Waals surface area contributed by atoms with E-state index < -0.39 is 0 Å². The number of aromatic amines is 1. The molecule has 144 valence electrons. The van der Waals surface area contributed by atoms with Gasteiger partial charge in [-0.25, -0.2) is 0 Å². The van der Waals surface area contributed by atoms with E-state index in [4.69, 9.17) is 23.2 Å². The molecule has 1 fully saturated rings. The fourth-order valence-corrected chi connectivity index (χ4v) is 3.68. The molecule has 1 aliphatic rings. The number of amides is 2. The number of hydrogen-bond acceptors (Lipinski definition) is 3. The Bertz CT molecular complexity index is 822. The number of H-pyrrole nitrogens is 1. The summed E-state index contributed by atoms with van der Waals surface area (Å²) < 4.78 is 0. The highest BCUT2D eigenvalue weighted by molar-refractivity contribution is 6.35. The highest BCUT2D eigenvalue weighted by Gasteiger charge is 2.27. The third kappa shape index (κ3) is 4.82. The van der Waals surface area contributed by atoms with Crippen LogP contribution in [0.2, 0.25) is 10.0 Å². The third-order valence-corrected chi connectivity index (χ3v) is 4.88. The molecule has 6 nitrogen and oxygen atoms in total. The molecule has 8 heteroatoms. The van der Waals surface area contributed by atoms with Crippen molar-refractivity contribution in [2.75, 3.05) is 26.2 Å². The molecule has 1 aromatic carbocycles. The standard InChI is InChI=1S/C19H22Cl2N4O2/c1-12(2)7-16-11-17(23-22-16)19(27)25-5-3-24(4-6-25)18(26)13-8-14(20)10-15(21)9-13/h8-12H,3-7H2,1-2H3,(H,22,23). The summed E-state index contributed by atoms with van der Waals surface area (Å²) in [5.74, 6) is 0.243. The van der Waals surface area contributed by atoms with E-state index in [9.17, 15) is 9.59 Å². The molecular formula is C19H22Cl2N4O2. The van der Waals surface area contributed by atoms with Crippen molar-refractivity contribution in [1.29, 1.82) is 0 Å². The lowest BCUT2D eigenvalue weighted by atomic mass is 10.1. The van der Waals surface area contributed by atoms with Crippen LogP contribution in [0.4, 0.5) is 0 Å². The molecule has 0 aliphatic carbocycles. The Morgan fingerprint density at radius 1 is 1.00 bits per heavy atom. The number of carbonyl (C=O) groups is 2. The van der Waals surface area contributed by atoms with Crippen molar-refractivity contribution in [3.05, 3.63) is 51.3 Å².